The molecule has 1 aliphatic rings. The number of rotatable bonds is 4. The SMILES string of the molecule is CSc1cc2c(cc1NC(=O)c1csc(-c3cnn(C)c3)n1)OCCO2. The quantitative estimate of drug-likeness (QED) is 0.691. The van der Waals surface area contributed by atoms with Crippen LogP contribution in [0.3, 0.4) is 0 Å². The summed E-state index contributed by atoms with van der Waals surface area (Å²) in [5.41, 5.74) is 1.94. The van der Waals surface area contributed by atoms with Crippen molar-refractivity contribution in [2.45, 2.75) is 4.90 Å². The van der Waals surface area contributed by atoms with Gasteiger partial charge in [-0.25, -0.2) is 4.98 Å². The summed E-state index contributed by atoms with van der Waals surface area (Å²) < 4.78 is 12.9. The van der Waals surface area contributed by atoms with E-state index < -0.39 is 0 Å². The highest BCUT2D eigenvalue weighted by molar-refractivity contribution is 7.98. The molecular formula is C17H16N4O3S2. The highest BCUT2D eigenvalue weighted by Gasteiger charge is 2.19. The number of ether oxygens (including phenoxy) is 2. The number of carbonyl (C=O) groups excluding carboxylic acids is 1. The fourth-order valence-electron chi connectivity index (χ4n) is 2.57. The second-order valence-electron chi connectivity index (χ2n) is 5.59. The Balaban J connectivity index is 1.57. The van der Waals surface area contributed by atoms with Gasteiger partial charge in [0.15, 0.2) is 11.5 Å². The van der Waals surface area contributed by atoms with E-state index in [0.717, 1.165) is 15.5 Å². The van der Waals surface area contributed by atoms with Crippen molar-refractivity contribution in [3.8, 4) is 22.1 Å². The minimum absolute atomic E-state index is 0.261. The maximum absolute atomic E-state index is 12.6. The molecule has 0 atom stereocenters. The predicted molar refractivity (Wildman–Crippen MR) is 101 cm³/mol. The summed E-state index contributed by atoms with van der Waals surface area (Å²) in [6, 6.07) is 3.68. The summed E-state index contributed by atoms with van der Waals surface area (Å²) in [6.07, 6.45) is 5.55. The number of hydrogen-bond acceptors (Lipinski definition) is 7. The Morgan fingerprint density at radius 2 is 2.08 bits per heavy atom. The number of benzene rings is 1. The van der Waals surface area contributed by atoms with Crippen molar-refractivity contribution in [2.75, 3.05) is 24.8 Å². The van der Waals surface area contributed by atoms with Crippen molar-refractivity contribution in [1.82, 2.24) is 14.8 Å². The Morgan fingerprint density at radius 3 is 2.77 bits per heavy atom. The number of nitrogens with one attached hydrogen (secondary N) is 1. The third kappa shape index (κ3) is 3.27. The number of carbonyl (C=O) groups is 1. The Bertz CT molecular complexity index is 967. The lowest BCUT2D eigenvalue weighted by Crippen LogP contribution is -2.17. The van der Waals surface area contributed by atoms with Gasteiger partial charge in [0.1, 0.15) is 23.9 Å². The molecule has 2 aromatic heterocycles. The molecule has 134 valence electrons. The highest BCUT2D eigenvalue weighted by Crippen LogP contribution is 2.39. The molecule has 1 amide bonds. The zero-order valence-electron chi connectivity index (χ0n) is 14.2. The predicted octanol–water partition coefficient (Wildman–Crippen LogP) is 3.29. The first kappa shape index (κ1) is 16.9. The van der Waals surface area contributed by atoms with Gasteiger partial charge in [-0.2, -0.15) is 5.10 Å². The standard InChI is InChI=1S/C17H16N4O3S2/c1-21-8-10(7-18-21)17-20-12(9-26-17)16(22)19-11-5-13-14(6-15(11)25-2)24-4-3-23-13/h5-9H,3-4H2,1-2H3,(H,19,22). The van der Waals surface area contributed by atoms with E-state index in [1.165, 1.54) is 23.1 Å². The maximum atomic E-state index is 12.6. The van der Waals surface area contributed by atoms with Crippen molar-refractivity contribution in [3.05, 3.63) is 35.6 Å². The molecule has 0 spiro atoms. The van der Waals surface area contributed by atoms with Crippen molar-refractivity contribution in [2.24, 2.45) is 7.05 Å². The van der Waals surface area contributed by atoms with Crippen molar-refractivity contribution in [3.63, 3.8) is 0 Å². The Kier molecular flexibility index (Phi) is 4.56. The van der Waals surface area contributed by atoms with Crippen LogP contribution in [0.25, 0.3) is 10.6 Å². The van der Waals surface area contributed by atoms with E-state index in [0.29, 0.717) is 36.1 Å². The van der Waals surface area contributed by atoms with Gasteiger partial charge < -0.3 is 14.8 Å². The maximum Gasteiger partial charge on any atom is 0.275 e. The third-order valence-electron chi connectivity index (χ3n) is 3.80. The Morgan fingerprint density at radius 1 is 1.31 bits per heavy atom. The van der Waals surface area contributed by atoms with Crippen LogP contribution in [-0.4, -0.2) is 40.1 Å². The first-order valence-corrected chi connectivity index (χ1v) is 9.98. The molecule has 0 aliphatic carbocycles. The third-order valence-corrected chi connectivity index (χ3v) is 5.47. The van der Waals surface area contributed by atoms with Crippen LogP contribution in [0.4, 0.5) is 5.69 Å². The van der Waals surface area contributed by atoms with Crippen molar-refractivity contribution < 1.29 is 14.3 Å². The number of aryl methyl sites for hydroxylation is 1. The average Bonchev–Trinajstić information content (AvgIpc) is 3.30. The normalized spacial score (nSPS) is 12.8. The van der Waals surface area contributed by atoms with Crippen LogP contribution in [0.5, 0.6) is 11.5 Å². The number of hydrogen-bond donors (Lipinski definition) is 1. The monoisotopic (exact) mass is 388 g/mol. The van der Waals surface area contributed by atoms with E-state index >= 15 is 0 Å². The molecule has 0 bridgehead atoms. The number of fused-ring (bicyclic) bond motifs is 1. The number of amides is 1. The summed E-state index contributed by atoms with van der Waals surface area (Å²) in [5, 5.41) is 9.56. The molecule has 0 unspecified atom stereocenters. The minimum atomic E-state index is -0.261. The first-order valence-electron chi connectivity index (χ1n) is 7.87. The lowest BCUT2D eigenvalue weighted by molar-refractivity contribution is 0.102. The van der Waals surface area contributed by atoms with E-state index in [2.05, 4.69) is 15.4 Å². The number of thiazole rings is 1. The lowest BCUT2D eigenvalue weighted by atomic mass is 10.2. The van der Waals surface area contributed by atoms with E-state index in [4.69, 9.17) is 9.47 Å². The van der Waals surface area contributed by atoms with E-state index in [-0.39, 0.29) is 5.91 Å². The fourth-order valence-corrected chi connectivity index (χ4v) is 3.90. The van der Waals surface area contributed by atoms with Gasteiger partial charge in [-0.1, -0.05) is 0 Å². The van der Waals surface area contributed by atoms with Gasteiger partial charge in [-0.05, 0) is 12.3 Å². The van der Waals surface area contributed by atoms with Crippen LogP contribution < -0.4 is 14.8 Å². The second-order valence-corrected chi connectivity index (χ2v) is 7.30. The lowest BCUT2D eigenvalue weighted by Gasteiger charge is -2.20. The van der Waals surface area contributed by atoms with E-state index in [1.54, 1.807) is 22.3 Å². The number of aromatic nitrogens is 3. The van der Waals surface area contributed by atoms with Gasteiger partial charge in [-0.15, -0.1) is 23.1 Å². The van der Waals surface area contributed by atoms with Crippen LogP contribution >= 0.6 is 23.1 Å². The molecule has 26 heavy (non-hydrogen) atoms. The first-order chi connectivity index (χ1) is 12.6. The second kappa shape index (κ2) is 7.00. The molecule has 0 fully saturated rings. The van der Waals surface area contributed by atoms with Crippen LogP contribution in [-0.2, 0) is 7.05 Å². The summed E-state index contributed by atoms with van der Waals surface area (Å²) in [5.74, 6) is 1.08. The topological polar surface area (TPSA) is 78.3 Å². The Labute approximate surface area is 158 Å². The van der Waals surface area contributed by atoms with Crippen LogP contribution in [0.2, 0.25) is 0 Å². The summed E-state index contributed by atoms with van der Waals surface area (Å²) in [4.78, 5) is 18.0. The molecule has 9 heteroatoms. The Hall–Kier alpha value is -2.52. The van der Waals surface area contributed by atoms with Crippen LogP contribution in [0.1, 0.15) is 10.5 Å². The molecule has 3 aromatic rings. The molecule has 4 rings (SSSR count). The molecule has 0 radical (unpaired) electrons. The van der Waals surface area contributed by atoms with Gasteiger partial charge in [0.25, 0.3) is 5.91 Å². The molecule has 7 nitrogen and oxygen atoms in total. The van der Waals surface area contributed by atoms with Crippen molar-refractivity contribution >= 4 is 34.7 Å². The molecule has 1 aliphatic heterocycles. The largest absolute Gasteiger partial charge is 0.486 e. The molecule has 0 saturated heterocycles. The van der Waals surface area contributed by atoms with Crippen molar-refractivity contribution in [1.29, 1.82) is 0 Å². The zero-order chi connectivity index (χ0) is 18.1. The molecular weight excluding hydrogens is 372 g/mol. The van der Waals surface area contributed by atoms with Gasteiger partial charge in [0.05, 0.1) is 11.9 Å². The van der Waals surface area contributed by atoms with E-state index in [9.17, 15) is 4.79 Å². The number of anilines is 1. The van der Waals surface area contributed by atoms with Gasteiger partial charge in [0.2, 0.25) is 0 Å². The average molecular weight is 388 g/mol. The van der Waals surface area contributed by atoms with Gasteiger partial charge >= 0.3 is 0 Å². The molecule has 0 saturated carbocycles. The minimum Gasteiger partial charge on any atom is -0.486 e. The fraction of sp³-hybridized carbons (Fsp3) is 0.235. The summed E-state index contributed by atoms with van der Waals surface area (Å²) >= 11 is 2.94. The van der Waals surface area contributed by atoms with Crippen LogP contribution in [0, 0.1) is 0 Å². The number of thioether (sulfide) groups is 1. The molecule has 1 aromatic carbocycles. The zero-order valence-corrected chi connectivity index (χ0v) is 15.8. The summed E-state index contributed by atoms with van der Waals surface area (Å²) in [6.45, 7) is 1.03. The number of nitrogens with zero attached hydrogens (tertiary/aromatic N) is 3. The highest BCUT2D eigenvalue weighted by atomic mass is 32.2. The van der Waals surface area contributed by atoms with Gasteiger partial charge in [-0.3, -0.25) is 9.48 Å². The molecule has 1 N–H and O–H groups in total. The molecule has 3 heterocycles. The smallest absolute Gasteiger partial charge is 0.275 e. The van der Waals surface area contributed by atoms with Gasteiger partial charge in [0, 0.05) is 35.1 Å². The van der Waals surface area contributed by atoms with Crippen LogP contribution in [0.15, 0.2) is 34.8 Å². The van der Waals surface area contributed by atoms with E-state index in [1.807, 2.05) is 25.6 Å². The summed E-state index contributed by atoms with van der Waals surface area (Å²) in [7, 11) is 1.84.